The molecule has 1 aliphatic rings. The van der Waals surface area contributed by atoms with Gasteiger partial charge in [-0.2, -0.15) is 0 Å². The number of hydrogen-bond acceptors (Lipinski definition) is 3. The second kappa shape index (κ2) is 11.0. The number of guanidine groups is 1. The Hall–Kier alpha value is -1.92. The van der Waals surface area contributed by atoms with E-state index in [0.29, 0.717) is 12.6 Å². The largest absolute Gasteiger partial charge is 0.375 e. The van der Waals surface area contributed by atoms with Crippen LogP contribution < -0.4 is 10.6 Å². The molecule has 1 aliphatic heterocycles. The van der Waals surface area contributed by atoms with Gasteiger partial charge in [0.15, 0.2) is 5.96 Å². The number of likely N-dealkylation sites (tertiary alicyclic amines) is 1. The number of piperidine rings is 1. The Morgan fingerprint density at radius 2 is 2.00 bits per heavy atom. The molecule has 6 heteroatoms. The summed E-state index contributed by atoms with van der Waals surface area (Å²) in [7, 11) is 1.65. The van der Waals surface area contributed by atoms with Gasteiger partial charge in [0.2, 0.25) is 0 Å². The van der Waals surface area contributed by atoms with Gasteiger partial charge in [-0.15, -0.1) is 0 Å². The number of nitrogens with one attached hydrogen (secondary N) is 2. The number of ether oxygens (including phenoxy) is 1. The van der Waals surface area contributed by atoms with E-state index in [2.05, 4.69) is 36.0 Å². The average molecular weight is 377 g/mol. The van der Waals surface area contributed by atoms with Crippen molar-refractivity contribution < 1.29 is 9.13 Å². The van der Waals surface area contributed by atoms with Gasteiger partial charge in [-0.3, -0.25) is 9.89 Å². The Morgan fingerprint density at radius 3 is 2.56 bits per heavy atom. The molecule has 1 aromatic carbocycles. The molecule has 1 atom stereocenters. The van der Waals surface area contributed by atoms with Gasteiger partial charge >= 0.3 is 0 Å². The Morgan fingerprint density at radius 1 is 1.33 bits per heavy atom. The maximum absolute atomic E-state index is 13.1. The molecule has 150 valence electrons. The number of hydrogen-bond donors (Lipinski definition) is 2. The SMILES string of the molecule is C=C(C)CN1CCC(NC(=NCC(OC)c2ccc(F)cc2)NCC)CC1. The zero-order valence-corrected chi connectivity index (χ0v) is 16.8. The third-order valence-corrected chi connectivity index (χ3v) is 4.71. The van der Waals surface area contributed by atoms with Crippen LogP contribution in [0.15, 0.2) is 41.4 Å². The minimum Gasteiger partial charge on any atom is -0.375 e. The summed E-state index contributed by atoms with van der Waals surface area (Å²) in [5.41, 5.74) is 2.13. The third kappa shape index (κ3) is 7.31. The van der Waals surface area contributed by atoms with E-state index in [0.717, 1.165) is 50.5 Å². The maximum atomic E-state index is 13.1. The number of aliphatic imine (C=N–C) groups is 1. The van der Waals surface area contributed by atoms with Crippen LogP contribution >= 0.6 is 0 Å². The van der Waals surface area contributed by atoms with E-state index < -0.39 is 0 Å². The highest BCUT2D eigenvalue weighted by atomic mass is 19.1. The fraction of sp³-hybridized carbons (Fsp3) is 0.571. The van der Waals surface area contributed by atoms with Gasteiger partial charge in [0, 0.05) is 39.3 Å². The number of nitrogens with zero attached hydrogens (tertiary/aromatic N) is 2. The van der Waals surface area contributed by atoms with Crippen LogP contribution in [-0.4, -0.2) is 56.7 Å². The van der Waals surface area contributed by atoms with Gasteiger partial charge in [0.05, 0.1) is 6.54 Å². The lowest BCUT2D eigenvalue weighted by molar-refractivity contribution is 0.110. The first-order valence-corrected chi connectivity index (χ1v) is 9.71. The summed E-state index contributed by atoms with van der Waals surface area (Å²) in [5, 5.41) is 6.85. The predicted molar refractivity (Wildman–Crippen MR) is 110 cm³/mol. The first-order chi connectivity index (χ1) is 13.0. The third-order valence-electron chi connectivity index (χ3n) is 4.71. The predicted octanol–water partition coefficient (Wildman–Crippen LogP) is 3.11. The van der Waals surface area contributed by atoms with Gasteiger partial charge in [-0.25, -0.2) is 4.39 Å². The molecule has 0 aliphatic carbocycles. The molecule has 0 amide bonds. The minimum absolute atomic E-state index is 0.196. The van der Waals surface area contributed by atoms with Crippen molar-refractivity contribution in [3.8, 4) is 0 Å². The molecule has 2 N–H and O–H groups in total. The molecule has 0 aromatic heterocycles. The van der Waals surface area contributed by atoms with E-state index >= 15 is 0 Å². The minimum atomic E-state index is -0.245. The Bertz CT molecular complexity index is 609. The van der Waals surface area contributed by atoms with Crippen LogP contribution in [0, 0.1) is 5.82 Å². The summed E-state index contributed by atoms with van der Waals surface area (Å²) in [6, 6.07) is 6.81. The van der Waals surface area contributed by atoms with Crippen molar-refractivity contribution in [1.29, 1.82) is 0 Å². The molecule has 1 fully saturated rings. The van der Waals surface area contributed by atoms with Crippen LogP contribution in [0.1, 0.15) is 38.4 Å². The van der Waals surface area contributed by atoms with Gasteiger partial charge in [-0.05, 0) is 44.4 Å². The van der Waals surface area contributed by atoms with Crippen molar-refractivity contribution in [3.05, 3.63) is 47.8 Å². The first kappa shape index (κ1) is 21.4. The molecule has 0 bridgehead atoms. The normalized spacial score (nSPS) is 17.6. The second-order valence-electron chi connectivity index (χ2n) is 7.15. The fourth-order valence-electron chi connectivity index (χ4n) is 3.30. The Labute approximate surface area is 162 Å². The highest BCUT2D eigenvalue weighted by Crippen LogP contribution is 2.17. The van der Waals surface area contributed by atoms with Crippen molar-refractivity contribution in [2.24, 2.45) is 4.99 Å². The molecule has 1 unspecified atom stereocenters. The average Bonchev–Trinajstić information content (AvgIpc) is 2.65. The monoisotopic (exact) mass is 376 g/mol. The van der Waals surface area contributed by atoms with E-state index in [1.54, 1.807) is 19.2 Å². The second-order valence-corrected chi connectivity index (χ2v) is 7.15. The van der Waals surface area contributed by atoms with Crippen LogP contribution in [0.5, 0.6) is 0 Å². The van der Waals surface area contributed by atoms with Crippen LogP contribution in [0.25, 0.3) is 0 Å². The van der Waals surface area contributed by atoms with Gasteiger partial charge in [0.1, 0.15) is 11.9 Å². The van der Waals surface area contributed by atoms with E-state index in [1.807, 2.05) is 0 Å². The first-order valence-electron chi connectivity index (χ1n) is 9.71. The summed E-state index contributed by atoms with van der Waals surface area (Å²) in [6.45, 7) is 12.5. The van der Waals surface area contributed by atoms with Gasteiger partial charge in [0.25, 0.3) is 0 Å². The highest BCUT2D eigenvalue weighted by Gasteiger charge is 2.20. The van der Waals surface area contributed by atoms with Crippen molar-refractivity contribution >= 4 is 5.96 Å². The molecule has 0 saturated carbocycles. The standard InChI is InChI=1S/C21H33FN4O/c1-5-23-21(25-19-10-12-26(13-11-19)15-16(2)3)24-14-20(27-4)17-6-8-18(22)9-7-17/h6-9,19-20H,2,5,10-15H2,1,3-4H3,(H2,23,24,25). The zero-order chi connectivity index (χ0) is 19.6. The van der Waals surface area contributed by atoms with Crippen molar-refractivity contribution in [2.45, 2.75) is 38.8 Å². The Kier molecular flexibility index (Phi) is 8.75. The molecule has 2 rings (SSSR count). The molecule has 0 spiro atoms. The summed E-state index contributed by atoms with van der Waals surface area (Å²) in [4.78, 5) is 7.14. The molecule has 1 aromatic rings. The molecular weight excluding hydrogens is 343 g/mol. The lowest BCUT2D eigenvalue weighted by Crippen LogP contribution is -2.49. The summed E-state index contributed by atoms with van der Waals surface area (Å²) < 4.78 is 18.7. The smallest absolute Gasteiger partial charge is 0.191 e. The van der Waals surface area contributed by atoms with Gasteiger partial charge in [-0.1, -0.05) is 24.3 Å². The molecule has 1 saturated heterocycles. The highest BCUT2D eigenvalue weighted by molar-refractivity contribution is 5.80. The number of methoxy groups -OCH3 is 1. The number of rotatable bonds is 8. The van der Waals surface area contributed by atoms with Crippen LogP contribution in [0.4, 0.5) is 4.39 Å². The van der Waals surface area contributed by atoms with E-state index in [-0.39, 0.29) is 11.9 Å². The maximum Gasteiger partial charge on any atom is 0.191 e. The van der Waals surface area contributed by atoms with Crippen molar-refractivity contribution in [3.63, 3.8) is 0 Å². The molecular formula is C21H33FN4O. The summed E-state index contributed by atoms with van der Waals surface area (Å²) in [6.07, 6.45) is 1.98. The van der Waals surface area contributed by atoms with Crippen LogP contribution in [-0.2, 0) is 4.74 Å². The Balaban J connectivity index is 1.91. The summed E-state index contributed by atoms with van der Waals surface area (Å²) in [5.74, 6) is 0.560. The lowest BCUT2D eigenvalue weighted by atomic mass is 10.0. The van der Waals surface area contributed by atoms with Crippen molar-refractivity contribution in [1.82, 2.24) is 15.5 Å². The molecule has 1 heterocycles. The molecule has 27 heavy (non-hydrogen) atoms. The lowest BCUT2D eigenvalue weighted by Gasteiger charge is -2.33. The number of halogens is 1. The van der Waals surface area contributed by atoms with Gasteiger partial charge < -0.3 is 15.4 Å². The van der Waals surface area contributed by atoms with E-state index in [9.17, 15) is 4.39 Å². The van der Waals surface area contributed by atoms with Crippen LogP contribution in [0.2, 0.25) is 0 Å². The quantitative estimate of drug-likeness (QED) is 0.416. The molecule has 0 radical (unpaired) electrons. The number of benzene rings is 1. The molecule has 5 nitrogen and oxygen atoms in total. The van der Waals surface area contributed by atoms with E-state index in [1.165, 1.54) is 17.7 Å². The van der Waals surface area contributed by atoms with E-state index in [4.69, 9.17) is 9.73 Å². The van der Waals surface area contributed by atoms with Crippen molar-refractivity contribution in [2.75, 3.05) is 39.8 Å². The van der Waals surface area contributed by atoms with Crippen LogP contribution in [0.3, 0.4) is 0 Å². The summed E-state index contributed by atoms with van der Waals surface area (Å²) >= 11 is 0. The fourth-order valence-corrected chi connectivity index (χ4v) is 3.30. The topological polar surface area (TPSA) is 48.9 Å². The zero-order valence-electron chi connectivity index (χ0n) is 16.8.